The van der Waals surface area contributed by atoms with Crippen LogP contribution in [0.1, 0.15) is 23.1 Å². The predicted molar refractivity (Wildman–Crippen MR) is 76.3 cm³/mol. The van der Waals surface area contributed by atoms with E-state index in [9.17, 15) is 4.79 Å². The van der Waals surface area contributed by atoms with E-state index in [0.29, 0.717) is 11.3 Å². The van der Waals surface area contributed by atoms with Crippen LogP contribution in [0.4, 0.5) is 11.4 Å². The van der Waals surface area contributed by atoms with Gasteiger partial charge < -0.3 is 15.6 Å². The van der Waals surface area contributed by atoms with Gasteiger partial charge in [-0.1, -0.05) is 0 Å². The molecule has 3 N–H and O–H groups in total. The van der Waals surface area contributed by atoms with Crippen molar-refractivity contribution >= 4 is 17.2 Å². The molecular weight excluding hydrogens is 240 g/mol. The average Bonchev–Trinajstić information content (AvgIpc) is 2.77. The Labute approximate surface area is 112 Å². The predicted octanol–water partition coefficient (Wildman–Crippen LogP) is 1.86. The molecule has 1 aromatic carbocycles. The van der Waals surface area contributed by atoms with E-state index in [-0.39, 0.29) is 5.78 Å². The molecule has 0 saturated heterocycles. The number of nitrogens with one attached hydrogen (secondary N) is 1. The molecule has 0 aliphatic heterocycles. The number of Topliss-reactive ketones (excluding diaryl/α,β-unsaturated/α-hetero) is 1. The highest BCUT2D eigenvalue weighted by molar-refractivity contribution is 5.99. The summed E-state index contributed by atoms with van der Waals surface area (Å²) in [7, 11) is 1.97. The number of benzene rings is 1. The Morgan fingerprint density at radius 1 is 1.47 bits per heavy atom. The van der Waals surface area contributed by atoms with E-state index in [0.717, 1.165) is 24.5 Å². The van der Waals surface area contributed by atoms with E-state index < -0.39 is 0 Å². The molecule has 1 aromatic heterocycles. The molecule has 5 nitrogen and oxygen atoms in total. The van der Waals surface area contributed by atoms with Gasteiger partial charge in [0.15, 0.2) is 5.78 Å². The molecule has 0 fully saturated rings. The van der Waals surface area contributed by atoms with Crippen LogP contribution in [0.15, 0.2) is 30.6 Å². The maximum absolute atomic E-state index is 11.4. The number of nitrogens with two attached hydrogens (primary N) is 1. The van der Waals surface area contributed by atoms with Gasteiger partial charge in [0.25, 0.3) is 0 Å². The molecule has 100 valence electrons. The lowest BCUT2D eigenvalue weighted by Gasteiger charge is -2.09. The molecule has 0 aliphatic rings. The van der Waals surface area contributed by atoms with Crippen LogP contribution >= 0.6 is 0 Å². The number of carbonyl (C=O) groups is 1. The first-order valence-electron chi connectivity index (χ1n) is 6.18. The molecular formula is C14H18N4O. The Hall–Kier alpha value is -2.30. The van der Waals surface area contributed by atoms with Crippen LogP contribution in [0.2, 0.25) is 0 Å². The molecule has 0 unspecified atom stereocenters. The number of nitrogen functional groups attached to an aromatic ring is 1. The molecule has 2 rings (SSSR count). The molecule has 0 spiro atoms. The van der Waals surface area contributed by atoms with Gasteiger partial charge in [-0.15, -0.1) is 0 Å². The number of rotatable bonds is 5. The molecule has 0 saturated carbocycles. The number of aromatic nitrogens is 2. The summed E-state index contributed by atoms with van der Waals surface area (Å²) in [5.74, 6) is 1.000. The maximum atomic E-state index is 11.4. The second-order valence-electron chi connectivity index (χ2n) is 4.49. The molecule has 5 heteroatoms. The van der Waals surface area contributed by atoms with Crippen molar-refractivity contribution in [3.63, 3.8) is 0 Å². The van der Waals surface area contributed by atoms with Crippen molar-refractivity contribution in [1.82, 2.24) is 9.55 Å². The molecule has 0 atom stereocenters. The lowest BCUT2D eigenvalue weighted by molar-refractivity contribution is 0.101. The third kappa shape index (κ3) is 3.13. The van der Waals surface area contributed by atoms with E-state index in [2.05, 4.69) is 10.3 Å². The van der Waals surface area contributed by atoms with Crippen LogP contribution in [0, 0.1) is 0 Å². The lowest BCUT2D eigenvalue weighted by atomic mass is 10.1. The first-order valence-corrected chi connectivity index (χ1v) is 6.18. The Bertz CT molecular complexity index is 589. The Morgan fingerprint density at radius 3 is 2.89 bits per heavy atom. The Kier molecular flexibility index (Phi) is 3.85. The molecule has 2 aromatic rings. The Morgan fingerprint density at radius 2 is 2.26 bits per heavy atom. The van der Waals surface area contributed by atoms with E-state index in [4.69, 9.17) is 5.73 Å². The number of hydrogen-bond acceptors (Lipinski definition) is 4. The highest BCUT2D eigenvalue weighted by atomic mass is 16.1. The molecule has 1 heterocycles. The highest BCUT2D eigenvalue weighted by Gasteiger charge is 2.06. The molecule has 0 aliphatic carbocycles. The van der Waals surface area contributed by atoms with Crippen molar-refractivity contribution in [2.24, 2.45) is 7.05 Å². The number of carbonyl (C=O) groups excluding carboxylic acids is 1. The van der Waals surface area contributed by atoms with E-state index in [1.54, 1.807) is 18.3 Å². The summed E-state index contributed by atoms with van der Waals surface area (Å²) in [5, 5.41) is 3.27. The number of aryl methyl sites for hydroxylation is 1. The van der Waals surface area contributed by atoms with Gasteiger partial charge in [0.1, 0.15) is 5.82 Å². The minimum Gasteiger partial charge on any atom is -0.398 e. The Balaban J connectivity index is 1.98. The minimum absolute atomic E-state index is 0.0229. The molecule has 0 amide bonds. The third-order valence-corrected chi connectivity index (χ3v) is 3.03. The lowest BCUT2D eigenvalue weighted by Crippen LogP contribution is -2.09. The third-order valence-electron chi connectivity index (χ3n) is 3.03. The van der Waals surface area contributed by atoms with E-state index >= 15 is 0 Å². The molecule has 19 heavy (non-hydrogen) atoms. The van der Waals surface area contributed by atoms with Crippen molar-refractivity contribution in [1.29, 1.82) is 0 Å². The summed E-state index contributed by atoms with van der Waals surface area (Å²) in [4.78, 5) is 15.7. The smallest absolute Gasteiger partial charge is 0.161 e. The van der Waals surface area contributed by atoms with Gasteiger partial charge in [-0.2, -0.15) is 0 Å². The second-order valence-corrected chi connectivity index (χ2v) is 4.49. The van der Waals surface area contributed by atoms with Crippen molar-refractivity contribution in [2.75, 3.05) is 17.6 Å². The van der Waals surface area contributed by atoms with Crippen molar-refractivity contribution in [3.05, 3.63) is 42.0 Å². The maximum Gasteiger partial charge on any atom is 0.161 e. The zero-order valence-corrected chi connectivity index (χ0v) is 11.2. The summed E-state index contributed by atoms with van der Waals surface area (Å²) in [5.41, 5.74) is 7.72. The van der Waals surface area contributed by atoms with Crippen LogP contribution in [0.3, 0.4) is 0 Å². The van der Waals surface area contributed by atoms with Crippen LogP contribution in [0.25, 0.3) is 0 Å². The van der Waals surface area contributed by atoms with Crippen LogP contribution in [-0.2, 0) is 13.5 Å². The van der Waals surface area contributed by atoms with Gasteiger partial charge in [0.05, 0.1) is 0 Å². The quantitative estimate of drug-likeness (QED) is 0.634. The summed E-state index contributed by atoms with van der Waals surface area (Å²) < 4.78 is 1.99. The largest absolute Gasteiger partial charge is 0.398 e. The van der Waals surface area contributed by atoms with Crippen molar-refractivity contribution in [2.45, 2.75) is 13.3 Å². The summed E-state index contributed by atoms with van der Waals surface area (Å²) in [6.07, 6.45) is 4.53. The van der Waals surface area contributed by atoms with Gasteiger partial charge in [-0.3, -0.25) is 4.79 Å². The topological polar surface area (TPSA) is 72.9 Å². The summed E-state index contributed by atoms with van der Waals surface area (Å²) >= 11 is 0. The van der Waals surface area contributed by atoms with Gasteiger partial charge in [0, 0.05) is 49.3 Å². The monoisotopic (exact) mass is 258 g/mol. The highest BCUT2D eigenvalue weighted by Crippen LogP contribution is 2.18. The summed E-state index contributed by atoms with van der Waals surface area (Å²) in [6.45, 7) is 2.27. The fraction of sp³-hybridized carbons (Fsp3) is 0.286. The first kappa shape index (κ1) is 13.1. The zero-order valence-electron chi connectivity index (χ0n) is 11.2. The number of hydrogen-bond donors (Lipinski definition) is 2. The first-order chi connectivity index (χ1) is 9.08. The normalized spacial score (nSPS) is 10.4. The van der Waals surface area contributed by atoms with Crippen LogP contribution in [0.5, 0.6) is 0 Å². The second kappa shape index (κ2) is 5.56. The number of imidazole rings is 1. The van der Waals surface area contributed by atoms with Gasteiger partial charge in [-0.05, 0) is 25.1 Å². The SMILES string of the molecule is CC(=O)c1cc(NCCc2nccn2C)ccc1N. The van der Waals surface area contributed by atoms with Gasteiger partial charge in [0.2, 0.25) is 0 Å². The van der Waals surface area contributed by atoms with Crippen LogP contribution < -0.4 is 11.1 Å². The molecule has 0 bridgehead atoms. The average molecular weight is 258 g/mol. The fourth-order valence-electron chi connectivity index (χ4n) is 1.93. The number of ketones is 1. The van der Waals surface area contributed by atoms with Gasteiger partial charge in [-0.25, -0.2) is 4.98 Å². The van der Waals surface area contributed by atoms with E-state index in [1.165, 1.54) is 6.92 Å². The summed E-state index contributed by atoms with van der Waals surface area (Å²) in [6, 6.07) is 5.41. The van der Waals surface area contributed by atoms with E-state index in [1.807, 2.05) is 23.9 Å². The van der Waals surface area contributed by atoms with Gasteiger partial charge >= 0.3 is 0 Å². The van der Waals surface area contributed by atoms with Crippen molar-refractivity contribution in [3.8, 4) is 0 Å². The van der Waals surface area contributed by atoms with Crippen LogP contribution in [-0.4, -0.2) is 21.9 Å². The van der Waals surface area contributed by atoms with Crippen molar-refractivity contribution < 1.29 is 4.79 Å². The zero-order chi connectivity index (χ0) is 13.8. The molecule has 0 radical (unpaired) electrons. The standard InChI is InChI=1S/C14H18N4O/c1-10(19)12-9-11(3-4-13(12)15)16-6-5-14-17-7-8-18(14)2/h3-4,7-9,16H,5-6,15H2,1-2H3. The minimum atomic E-state index is -0.0229. The number of nitrogens with zero attached hydrogens (tertiary/aromatic N) is 2. The number of anilines is 2. The fourth-order valence-corrected chi connectivity index (χ4v) is 1.93.